The zero-order chi connectivity index (χ0) is 9.35. The average molecular weight is 247 g/mol. The number of carbonyl (C=O) groups excluding carboxylic acids is 2. The second-order valence-corrected chi connectivity index (χ2v) is 5.95. The number of halogens is 3. The maximum Gasteiger partial charge on any atom is 0.263 e. The lowest BCUT2D eigenvalue weighted by molar-refractivity contribution is -0.130. The highest BCUT2D eigenvalue weighted by atomic mass is 35.6. The van der Waals surface area contributed by atoms with Crippen molar-refractivity contribution in [1.29, 1.82) is 0 Å². The predicted octanol–water partition coefficient (Wildman–Crippen LogP) is 1.89. The van der Waals surface area contributed by atoms with E-state index >= 15 is 0 Å². The van der Waals surface area contributed by atoms with Crippen LogP contribution in [-0.4, -0.2) is 19.2 Å². The van der Waals surface area contributed by atoms with Gasteiger partial charge in [-0.15, -0.1) is 0 Å². The van der Waals surface area contributed by atoms with Gasteiger partial charge in [-0.1, -0.05) is 34.8 Å². The van der Waals surface area contributed by atoms with Gasteiger partial charge in [0.15, 0.2) is 0 Å². The second-order valence-electron chi connectivity index (χ2n) is 1.84. The van der Waals surface area contributed by atoms with Crippen LogP contribution in [0.1, 0.15) is 0 Å². The first-order valence-electron chi connectivity index (χ1n) is 2.72. The molecule has 3 nitrogen and oxygen atoms in total. The van der Waals surface area contributed by atoms with Gasteiger partial charge in [0.2, 0.25) is 0 Å². The Hall–Kier alpha value is 0.1000. The fourth-order valence-corrected chi connectivity index (χ4v) is 1.71. The molecule has 0 bridgehead atoms. The van der Waals surface area contributed by atoms with E-state index in [4.69, 9.17) is 34.8 Å². The molecule has 1 rings (SSSR count). The van der Waals surface area contributed by atoms with Crippen LogP contribution in [0.3, 0.4) is 0 Å². The molecule has 0 unspecified atom stereocenters. The normalized spacial score (nSPS) is 17.8. The van der Waals surface area contributed by atoms with E-state index in [9.17, 15) is 9.59 Å². The van der Waals surface area contributed by atoms with E-state index in [0.29, 0.717) is 11.9 Å². The minimum atomic E-state index is -1.70. The van der Waals surface area contributed by atoms with Crippen molar-refractivity contribution in [1.82, 2.24) is 4.31 Å². The van der Waals surface area contributed by atoms with Gasteiger partial charge in [0, 0.05) is 24.1 Å². The van der Waals surface area contributed by atoms with E-state index in [0.717, 1.165) is 16.5 Å². The number of hydrogen-bond acceptors (Lipinski definition) is 3. The third-order valence-electron chi connectivity index (χ3n) is 0.964. The summed E-state index contributed by atoms with van der Waals surface area (Å²) >= 11 is 16.6. The van der Waals surface area contributed by atoms with Crippen molar-refractivity contribution in [3.63, 3.8) is 0 Å². The van der Waals surface area contributed by atoms with Crippen LogP contribution in [0.15, 0.2) is 12.2 Å². The number of alkyl halides is 3. The van der Waals surface area contributed by atoms with Crippen molar-refractivity contribution in [3.05, 3.63) is 12.2 Å². The molecule has 0 spiro atoms. The molecule has 0 aromatic rings. The van der Waals surface area contributed by atoms with Crippen LogP contribution in [0.2, 0.25) is 0 Å². The Morgan fingerprint density at radius 3 is 1.92 bits per heavy atom. The Morgan fingerprint density at radius 1 is 1.17 bits per heavy atom. The van der Waals surface area contributed by atoms with Gasteiger partial charge < -0.3 is 0 Å². The summed E-state index contributed by atoms with van der Waals surface area (Å²) in [5.41, 5.74) is 0. The number of hydrogen-bond donors (Lipinski definition) is 0. The number of carbonyl (C=O) groups is 2. The Kier molecular flexibility index (Phi) is 2.93. The lowest BCUT2D eigenvalue weighted by Gasteiger charge is -2.16. The van der Waals surface area contributed by atoms with Crippen molar-refractivity contribution >= 4 is 58.6 Å². The number of amides is 2. The molecule has 1 heterocycles. The summed E-state index contributed by atoms with van der Waals surface area (Å²) < 4.78 is -0.912. The molecular formula is C5H2Cl3NO2S. The topological polar surface area (TPSA) is 37.4 Å². The quantitative estimate of drug-likeness (QED) is 0.403. The van der Waals surface area contributed by atoms with Gasteiger partial charge in [0.1, 0.15) is 0 Å². The van der Waals surface area contributed by atoms with Gasteiger partial charge >= 0.3 is 0 Å². The molecule has 1 aliphatic rings. The summed E-state index contributed by atoms with van der Waals surface area (Å²) in [6.07, 6.45) is 2.23. The summed E-state index contributed by atoms with van der Waals surface area (Å²) in [7, 11) is 0. The fraction of sp³-hybridized carbons (Fsp3) is 0.200. The van der Waals surface area contributed by atoms with Gasteiger partial charge in [-0.2, -0.15) is 0 Å². The second kappa shape index (κ2) is 3.46. The molecule has 0 atom stereocenters. The van der Waals surface area contributed by atoms with Crippen molar-refractivity contribution in [2.45, 2.75) is 3.12 Å². The first-order valence-corrected chi connectivity index (χ1v) is 4.63. The third kappa shape index (κ3) is 2.55. The lowest BCUT2D eigenvalue weighted by atomic mass is 10.6. The molecule has 12 heavy (non-hydrogen) atoms. The fourth-order valence-electron chi connectivity index (χ4n) is 0.580. The highest BCUT2D eigenvalue weighted by Gasteiger charge is 2.33. The molecule has 0 aromatic carbocycles. The van der Waals surface area contributed by atoms with Gasteiger partial charge in [-0.05, 0) is 0 Å². The zero-order valence-electron chi connectivity index (χ0n) is 5.46. The summed E-state index contributed by atoms with van der Waals surface area (Å²) in [6.45, 7) is 0. The molecular weight excluding hydrogens is 244 g/mol. The van der Waals surface area contributed by atoms with E-state index in [-0.39, 0.29) is 0 Å². The smallest absolute Gasteiger partial charge is 0.263 e. The molecule has 0 saturated carbocycles. The van der Waals surface area contributed by atoms with E-state index in [2.05, 4.69) is 0 Å². The molecule has 0 saturated heterocycles. The molecule has 7 heteroatoms. The van der Waals surface area contributed by atoms with Crippen LogP contribution >= 0.6 is 46.8 Å². The van der Waals surface area contributed by atoms with Gasteiger partial charge in [-0.3, -0.25) is 9.59 Å². The SMILES string of the molecule is O=C1C=CC(=O)N1SC(Cl)(Cl)Cl. The summed E-state index contributed by atoms with van der Waals surface area (Å²) in [5, 5.41) is 0. The van der Waals surface area contributed by atoms with E-state index in [1.165, 1.54) is 0 Å². The highest BCUT2D eigenvalue weighted by molar-refractivity contribution is 8.03. The van der Waals surface area contributed by atoms with Gasteiger partial charge in [0.05, 0.1) is 0 Å². The van der Waals surface area contributed by atoms with Crippen LogP contribution in [-0.2, 0) is 9.59 Å². The Morgan fingerprint density at radius 2 is 1.58 bits per heavy atom. The minimum Gasteiger partial charge on any atom is -0.268 e. The summed E-state index contributed by atoms with van der Waals surface area (Å²) in [6, 6.07) is 0. The van der Waals surface area contributed by atoms with Crippen molar-refractivity contribution < 1.29 is 9.59 Å². The molecule has 0 fully saturated rings. The Labute approximate surface area is 87.8 Å². The molecule has 66 valence electrons. The molecule has 2 amide bonds. The number of imide groups is 1. The van der Waals surface area contributed by atoms with Crippen LogP contribution < -0.4 is 0 Å². The van der Waals surface area contributed by atoms with Crippen LogP contribution in [0.4, 0.5) is 0 Å². The van der Waals surface area contributed by atoms with Crippen LogP contribution in [0.25, 0.3) is 0 Å². The van der Waals surface area contributed by atoms with E-state index < -0.39 is 14.9 Å². The van der Waals surface area contributed by atoms with Gasteiger partial charge in [-0.25, -0.2) is 4.31 Å². The lowest BCUT2D eigenvalue weighted by Crippen LogP contribution is -2.25. The maximum atomic E-state index is 10.9. The van der Waals surface area contributed by atoms with E-state index in [1.807, 2.05) is 0 Å². The first-order chi connectivity index (χ1) is 5.40. The maximum absolute atomic E-state index is 10.9. The molecule has 0 radical (unpaired) electrons. The predicted molar refractivity (Wildman–Crippen MR) is 48.9 cm³/mol. The Balaban J connectivity index is 2.66. The highest BCUT2D eigenvalue weighted by Crippen LogP contribution is 2.41. The van der Waals surface area contributed by atoms with Crippen LogP contribution in [0, 0.1) is 0 Å². The average Bonchev–Trinajstić information content (AvgIpc) is 2.16. The van der Waals surface area contributed by atoms with Crippen LogP contribution in [0.5, 0.6) is 0 Å². The minimum absolute atomic E-state index is 0.490. The first kappa shape index (κ1) is 10.2. The summed E-state index contributed by atoms with van der Waals surface area (Å²) in [4.78, 5) is 21.8. The molecule has 0 N–H and O–H groups in total. The van der Waals surface area contributed by atoms with E-state index in [1.54, 1.807) is 0 Å². The number of nitrogens with zero attached hydrogens (tertiary/aromatic N) is 1. The number of rotatable bonds is 1. The standard InChI is InChI=1S/C5H2Cl3NO2S/c6-5(7,8)12-9-3(10)1-2-4(9)11/h1-2H. The van der Waals surface area contributed by atoms with Crippen molar-refractivity contribution in [3.8, 4) is 0 Å². The Bertz CT molecular complexity index is 242. The largest absolute Gasteiger partial charge is 0.268 e. The third-order valence-corrected chi connectivity index (χ3v) is 2.33. The zero-order valence-corrected chi connectivity index (χ0v) is 8.54. The van der Waals surface area contributed by atoms with Crippen molar-refractivity contribution in [2.24, 2.45) is 0 Å². The molecule has 0 aliphatic carbocycles. The monoisotopic (exact) mass is 245 g/mol. The summed E-state index contributed by atoms with van der Waals surface area (Å²) in [5.74, 6) is -0.979. The van der Waals surface area contributed by atoms with Gasteiger partial charge in [0.25, 0.3) is 14.9 Å². The van der Waals surface area contributed by atoms with Crippen molar-refractivity contribution in [2.75, 3.05) is 0 Å². The molecule has 0 aromatic heterocycles. The molecule has 1 aliphatic heterocycles.